The van der Waals surface area contributed by atoms with Crippen molar-refractivity contribution in [3.63, 3.8) is 0 Å². The van der Waals surface area contributed by atoms with Crippen molar-refractivity contribution in [2.24, 2.45) is 0 Å². The molecule has 0 amide bonds. The molecule has 0 N–H and O–H groups in total. The first kappa shape index (κ1) is 17.0. The monoisotopic (exact) mass is 357 g/mol. The maximum absolute atomic E-state index is 13.9. The molecule has 0 spiro atoms. The lowest BCUT2D eigenvalue weighted by atomic mass is 10.2. The summed E-state index contributed by atoms with van der Waals surface area (Å²) >= 11 is 0. The van der Waals surface area contributed by atoms with Crippen molar-refractivity contribution in [2.45, 2.75) is 12.8 Å². The predicted molar refractivity (Wildman–Crippen MR) is 76.2 cm³/mol. The lowest BCUT2D eigenvalue weighted by Crippen LogP contribution is -2.20. The standard InChI is InChI=1S/C14H11F4N5O2/c1-24-6-12-22-21-11-4-19-10(5-23(11)12)8-2-9(15)13(20-3-8)25-7-14(16,17)18/h2-5H,6-7H2,1H3. The summed E-state index contributed by atoms with van der Waals surface area (Å²) in [6, 6.07) is 0.993. The summed E-state index contributed by atoms with van der Waals surface area (Å²) in [6.07, 6.45) is -0.432. The number of methoxy groups -OCH3 is 1. The molecule has 0 unspecified atom stereocenters. The quantitative estimate of drug-likeness (QED) is 0.653. The molecule has 25 heavy (non-hydrogen) atoms. The number of alkyl halides is 3. The largest absolute Gasteiger partial charge is 0.466 e. The summed E-state index contributed by atoms with van der Waals surface area (Å²) in [7, 11) is 1.50. The Bertz CT molecular complexity index is 897. The fourth-order valence-corrected chi connectivity index (χ4v) is 2.05. The molecule has 3 heterocycles. The van der Waals surface area contributed by atoms with Crippen molar-refractivity contribution in [1.29, 1.82) is 0 Å². The Hall–Kier alpha value is -2.82. The number of halogens is 4. The average Bonchev–Trinajstić information content (AvgIpc) is 2.95. The molecule has 0 bridgehead atoms. The highest BCUT2D eigenvalue weighted by Crippen LogP contribution is 2.24. The SMILES string of the molecule is COCc1nnc2cnc(-c3cnc(OCC(F)(F)F)c(F)c3)cn12. The molecule has 0 aliphatic carbocycles. The van der Waals surface area contributed by atoms with Crippen LogP contribution in [0.25, 0.3) is 16.9 Å². The van der Waals surface area contributed by atoms with Crippen molar-refractivity contribution >= 4 is 5.65 Å². The lowest BCUT2D eigenvalue weighted by molar-refractivity contribution is -0.154. The van der Waals surface area contributed by atoms with Gasteiger partial charge in [-0.05, 0) is 6.07 Å². The zero-order valence-corrected chi connectivity index (χ0v) is 12.8. The van der Waals surface area contributed by atoms with E-state index in [9.17, 15) is 17.6 Å². The summed E-state index contributed by atoms with van der Waals surface area (Å²) in [5, 5.41) is 7.84. The Kier molecular flexibility index (Phi) is 4.49. The van der Waals surface area contributed by atoms with Crippen LogP contribution in [0.15, 0.2) is 24.7 Å². The van der Waals surface area contributed by atoms with Crippen LogP contribution in [-0.2, 0) is 11.3 Å². The van der Waals surface area contributed by atoms with Crippen LogP contribution in [0, 0.1) is 5.82 Å². The highest BCUT2D eigenvalue weighted by molar-refractivity contribution is 5.59. The Morgan fingerprint density at radius 3 is 2.64 bits per heavy atom. The van der Waals surface area contributed by atoms with E-state index in [1.807, 2.05) is 0 Å². The van der Waals surface area contributed by atoms with E-state index in [0.717, 1.165) is 6.07 Å². The van der Waals surface area contributed by atoms with Gasteiger partial charge in [0.2, 0.25) is 0 Å². The summed E-state index contributed by atoms with van der Waals surface area (Å²) in [5.74, 6) is -1.24. The molecule has 0 saturated carbocycles. The van der Waals surface area contributed by atoms with Gasteiger partial charge in [0.05, 0.1) is 11.9 Å². The predicted octanol–water partition coefficient (Wildman–Crippen LogP) is 2.41. The molecule has 0 aliphatic heterocycles. The molecule has 0 aromatic carbocycles. The molecular formula is C14H11F4N5O2. The van der Waals surface area contributed by atoms with E-state index < -0.39 is 24.5 Å². The van der Waals surface area contributed by atoms with Gasteiger partial charge in [0.1, 0.15) is 6.61 Å². The molecule has 132 valence electrons. The molecule has 0 saturated heterocycles. The minimum Gasteiger partial charge on any atom is -0.466 e. The topological polar surface area (TPSA) is 74.4 Å². The molecule has 0 atom stereocenters. The zero-order valence-electron chi connectivity index (χ0n) is 12.8. The third-order valence-corrected chi connectivity index (χ3v) is 3.11. The molecule has 0 aliphatic rings. The zero-order chi connectivity index (χ0) is 18.0. The number of nitrogens with zero attached hydrogens (tertiary/aromatic N) is 5. The van der Waals surface area contributed by atoms with Gasteiger partial charge in [-0.25, -0.2) is 9.37 Å². The van der Waals surface area contributed by atoms with Gasteiger partial charge in [0.25, 0.3) is 5.88 Å². The van der Waals surface area contributed by atoms with Crippen molar-refractivity contribution < 1.29 is 27.0 Å². The van der Waals surface area contributed by atoms with Crippen LogP contribution in [0.5, 0.6) is 5.88 Å². The first-order valence-electron chi connectivity index (χ1n) is 6.91. The van der Waals surface area contributed by atoms with E-state index in [1.165, 1.54) is 19.5 Å². The first-order chi connectivity index (χ1) is 11.9. The molecule has 0 fully saturated rings. The second-order valence-corrected chi connectivity index (χ2v) is 4.96. The van der Waals surface area contributed by atoms with Crippen LogP contribution in [0.3, 0.4) is 0 Å². The Balaban J connectivity index is 1.90. The summed E-state index contributed by atoms with van der Waals surface area (Å²) < 4.78 is 61.2. The third kappa shape index (κ3) is 3.82. The molecule has 3 aromatic rings. The summed E-state index contributed by atoms with van der Waals surface area (Å²) in [4.78, 5) is 7.70. The van der Waals surface area contributed by atoms with E-state index in [4.69, 9.17) is 4.74 Å². The van der Waals surface area contributed by atoms with Crippen LogP contribution < -0.4 is 4.74 Å². The van der Waals surface area contributed by atoms with Gasteiger partial charge in [-0.15, -0.1) is 10.2 Å². The van der Waals surface area contributed by atoms with Crippen molar-refractivity contribution in [1.82, 2.24) is 24.6 Å². The van der Waals surface area contributed by atoms with Crippen molar-refractivity contribution in [3.8, 4) is 17.1 Å². The minimum absolute atomic E-state index is 0.210. The highest BCUT2D eigenvalue weighted by atomic mass is 19.4. The third-order valence-electron chi connectivity index (χ3n) is 3.11. The average molecular weight is 357 g/mol. The van der Waals surface area contributed by atoms with Crippen LogP contribution in [-0.4, -0.2) is 44.5 Å². The molecule has 0 radical (unpaired) electrons. The molecule has 7 nitrogen and oxygen atoms in total. The molecule has 11 heteroatoms. The van der Waals surface area contributed by atoms with Gasteiger partial charge in [-0.3, -0.25) is 9.38 Å². The molecule has 3 aromatic heterocycles. The highest BCUT2D eigenvalue weighted by Gasteiger charge is 2.29. The van der Waals surface area contributed by atoms with Crippen LogP contribution in [0.2, 0.25) is 0 Å². The van der Waals surface area contributed by atoms with Gasteiger partial charge in [0.15, 0.2) is 23.9 Å². The number of pyridine rings is 1. The van der Waals surface area contributed by atoms with E-state index in [-0.39, 0.29) is 12.2 Å². The Morgan fingerprint density at radius 2 is 1.96 bits per heavy atom. The normalized spacial score (nSPS) is 11.9. The maximum Gasteiger partial charge on any atom is 0.422 e. The van der Waals surface area contributed by atoms with Crippen molar-refractivity contribution in [2.75, 3.05) is 13.7 Å². The van der Waals surface area contributed by atoms with Crippen molar-refractivity contribution in [3.05, 3.63) is 36.3 Å². The van der Waals surface area contributed by atoms with Gasteiger partial charge >= 0.3 is 6.18 Å². The molecule has 3 rings (SSSR count). The summed E-state index contributed by atoms with van der Waals surface area (Å²) in [6.45, 7) is -1.41. The number of hydrogen-bond acceptors (Lipinski definition) is 6. The number of rotatable bonds is 5. The number of ether oxygens (including phenoxy) is 2. The second kappa shape index (κ2) is 6.59. The van der Waals surface area contributed by atoms with Gasteiger partial charge in [0, 0.05) is 25.1 Å². The van der Waals surface area contributed by atoms with Gasteiger partial charge in [-0.2, -0.15) is 13.2 Å². The second-order valence-electron chi connectivity index (χ2n) is 4.96. The van der Waals surface area contributed by atoms with Crippen LogP contribution in [0.4, 0.5) is 17.6 Å². The number of aromatic nitrogens is 5. The van der Waals surface area contributed by atoms with Crippen LogP contribution >= 0.6 is 0 Å². The Morgan fingerprint density at radius 1 is 1.16 bits per heavy atom. The number of hydrogen-bond donors (Lipinski definition) is 0. The Labute approximate surface area is 138 Å². The lowest BCUT2D eigenvalue weighted by Gasteiger charge is -2.09. The van der Waals surface area contributed by atoms with Gasteiger partial charge in [-0.1, -0.05) is 0 Å². The fourth-order valence-electron chi connectivity index (χ4n) is 2.05. The maximum atomic E-state index is 13.9. The molecular weight excluding hydrogens is 346 g/mol. The van der Waals surface area contributed by atoms with Gasteiger partial charge < -0.3 is 9.47 Å². The smallest absolute Gasteiger partial charge is 0.422 e. The first-order valence-corrected chi connectivity index (χ1v) is 6.91. The summed E-state index contributed by atoms with van der Waals surface area (Å²) in [5.41, 5.74) is 1.06. The number of fused-ring (bicyclic) bond motifs is 1. The fraction of sp³-hybridized carbons (Fsp3) is 0.286. The minimum atomic E-state index is -4.58. The van der Waals surface area contributed by atoms with E-state index in [1.54, 1.807) is 10.6 Å². The van der Waals surface area contributed by atoms with Crippen LogP contribution in [0.1, 0.15) is 5.82 Å². The van der Waals surface area contributed by atoms with E-state index >= 15 is 0 Å². The van der Waals surface area contributed by atoms with E-state index in [0.29, 0.717) is 17.2 Å². The van der Waals surface area contributed by atoms with E-state index in [2.05, 4.69) is 24.9 Å².